The van der Waals surface area contributed by atoms with Crippen LogP contribution >= 0.6 is 0 Å². The van der Waals surface area contributed by atoms with Crippen LogP contribution in [0.2, 0.25) is 0 Å². The van der Waals surface area contributed by atoms with Gasteiger partial charge in [0.25, 0.3) is 0 Å². The summed E-state index contributed by atoms with van der Waals surface area (Å²) in [5.74, 6) is 1.04. The van der Waals surface area contributed by atoms with E-state index in [1.165, 1.54) is 30.1 Å². The zero-order chi connectivity index (χ0) is 14.0. The van der Waals surface area contributed by atoms with Crippen molar-refractivity contribution in [3.8, 4) is 0 Å². The third-order valence-corrected chi connectivity index (χ3v) is 5.38. The zero-order valence-electron chi connectivity index (χ0n) is 11.5. The van der Waals surface area contributed by atoms with E-state index >= 15 is 0 Å². The SMILES string of the molecule is CC1CCCCC1CNS(=O)(=O)c1cn(C)nc1N. The summed E-state index contributed by atoms with van der Waals surface area (Å²) in [5, 5.41) is 3.86. The van der Waals surface area contributed by atoms with E-state index in [-0.39, 0.29) is 10.7 Å². The van der Waals surface area contributed by atoms with Crippen LogP contribution in [-0.4, -0.2) is 24.7 Å². The average Bonchev–Trinajstić information content (AvgIpc) is 2.68. The van der Waals surface area contributed by atoms with Crippen LogP contribution in [0.25, 0.3) is 0 Å². The second kappa shape index (κ2) is 5.50. The Labute approximate surface area is 114 Å². The lowest BCUT2D eigenvalue weighted by atomic mass is 9.81. The predicted molar refractivity (Wildman–Crippen MR) is 73.9 cm³/mol. The Morgan fingerprint density at radius 2 is 2.16 bits per heavy atom. The second-order valence-corrected chi connectivity index (χ2v) is 7.16. The molecular formula is C12H22N4O2S. The van der Waals surface area contributed by atoms with Crippen LogP contribution < -0.4 is 10.5 Å². The Kier molecular flexibility index (Phi) is 4.15. The molecule has 3 N–H and O–H groups in total. The monoisotopic (exact) mass is 286 g/mol. The van der Waals surface area contributed by atoms with Crippen molar-refractivity contribution in [1.29, 1.82) is 0 Å². The van der Waals surface area contributed by atoms with Crippen LogP contribution in [0.4, 0.5) is 5.82 Å². The van der Waals surface area contributed by atoms with Crippen molar-refractivity contribution in [2.45, 2.75) is 37.5 Å². The van der Waals surface area contributed by atoms with E-state index in [1.54, 1.807) is 7.05 Å². The van der Waals surface area contributed by atoms with Gasteiger partial charge in [0.15, 0.2) is 5.82 Å². The highest BCUT2D eigenvalue weighted by Gasteiger charge is 2.25. The lowest BCUT2D eigenvalue weighted by Crippen LogP contribution is -2.33. The van der Waals surface area contributed by atoms with Gasteiger partial charge in [-0.2, -0.15) is 5.10 Å². The van der Waals surface area contributed by atoms with E-state index < -0.39 is 10.0 Å². The number of aromatic nitrogens is 2. The highest BCUT2D eigenvalue weighted by Crippen LogP contribution is 2.29. The number of nitrogens with one attached hydrogen (secondary N) is 1. The van der Waals surface area contributed by atoms with Gasteiger partial charge in [-0.1, -0.05) is 26.2 Å². The van der Waals surface area contributed by atoms with E-state index in [1.807, 2.05) is 0 Å². The largest absolute Gasteiger partial charge is 0.381 e. The van der Waals surface area contributed by atoms with Gasteiger partial charge in [0, 0.05) is 19.8 Å². The van der Waals surface area contributed by atoms with E-state index in [4.69, 9.17) is 5.73 Å². The summed E-state index contributed by atoms with van der Waals surface area (Å²) in [6.07, 6.45) is 6.14. The number of anilines is 1. The molecule has 0 radical (unpaired) electrons. The number of nitrogens with zero attached hydrogens (tertiary/aromatic N) is 2. The summed E-state index contributed by atoms with van der Waals surface area (Å²) >= 11 is 0. The first kappa shape index (κ1) is 14.3. The summed E-state index contributed by atoms with van der Waals surface area (Å²) in [4.78, 5) is 0.0680. The van der Waals surface area contributed by atoms with Crippen LogP contribution in [0.3, 0.4) is 0 Å². The average molecular weight is 286 g/mol. The van der Waals surface area contributed by atoms with Gasteiger partial charge in [-0.05, 0) is 18.3 Å². The van der Waals surface area contributed by atoms with Gasteiger partial charge in [0.1, 0.15) is 4.90 Å². The molecule has 1 heterocycles. The second-order valence-electron chi connectivity index (χ2n) is 5.43. The molecule has 108 valence electrons. The maximum atomic E-state index is 12.2. The molecule has 1 aromatic rings. The molecule has 0 amide bonds. The van der Waals surface area contributed by atoms with E-state index in [2.05, 4.69) is 16.7 Å². The molecule has 0 saturated heterocycles. The minimum atomic E-state index is -3.55. The van der Waals surface area contributed by atoms with Crippen molar-refractivity contribution in [3.63, 3.8) is 0 Å². The molecule has 19 heavy (non-hydrogen) atoms. The molecular weight excluding hydrogens is 264 g/mol. The maximum absolute atomic E-state index is 12.2. The number of rotatable bonds is 4. The summed E-state index contributed by atoms with van der Waals surface area (Å²) in [6, 6.07) is 0. The topological polar surface area (TPSA) is 90.0 Å². The fourth-order valence-electron chi connectivity index (χ4n) is 2.68. The molecule has 1 aliphatic rings. The Bertz CT molecular complexity index is 538. The van der Waals surface area contributed by atoms with Gasteiger partial charge in [0.2, 0.25) is 10.0 Å². The standard InChI is InChI=1S/C12H22N4O2S/c1-9-5-3-4-6-10(9)7-14-19(17,18)11-8-16(2)15-12(11)13/h8-10,14H,3-7H2,1-2H3,(H2,13,15). The molecule has 0 spiro atoms. The normalized spacial score (nSPS) is 24.5. The molecule has 7 heteroatoms. The molecule has 2 rings (SSSR count). The molecule has 6 nitrogen and oxygen atoms in total. The van der Waals surface area contributed by atoms with Gasteiger partial charge < -0.3 is 5.73 Å². The van der Waals surface area contributed by atoms with Crippen molar-refractivity contribution in [3.05, 3.63) is 6.20 Å². The molecule has 1 fully saturated rings. The van der Waals surface area contributed by atoms with Gasteiger partial charge in [-0.3, -0.25) is 4.68 Å². The van der Waals surface area contributed by atoms with Gasteiger partial charge >= 0.3 is 0 Å². The number of hydrogen-bond acceptors (Lipinski definition) is 4. The molecule has 2 atom stereocenters. The Morgan fingerprint density at radius 3 is 2.74 bits per heavy atom. The first-order valence-electron chi connectivity index (χ1n) is 6.69. The number of nitrogens with two attached hydrogens (primary N) is 1. The minimum absolute atomic E-state index is 0.0479. The number of nitrogen functional groups attached to an aromatic ring is 1. The molecule has 0 aromatic carbocycles. The van der Waals surface area contributed by atoms with Crippen molar-refractivity contribution >= 4 is 15.8 Å². The molecule has 0 bridgehead atoms. The summed E-state index contributed by atoms with van der Waals surface area (Å²) in [5.41, 5.74) is 5.61. The third kappa shape index (κ3) is 3.27. The van der Waals surface area contributed by atoms with Gasteiger partial charge in [-0.25, -0.2) is 13.1 Å². The predicted octanol–water partition coefficient (Wildman–Crippen LogP) is 1.11. The van der Waals surface area contributed by atoms with Crippen LogP contribution in [0, 0.1) is 11.8 Å². The van der Waals surface area contributed by atoms with Crippen LogP contribution in [-0.2, 0) is 17.1 Å². The maximum Gasteiger partial charge on any atom is 0.245 e. The van der Waals surface area contributed by atoms with Crippen molar-refractivity contribution in [1.82, 2.24) is 14.5 Å². The lowest BCUT2D eigenvalue weighted by Gasteiger charge is -2.28. The summed E-state index contributed by atoms with van der Waals surface area (Å²) < 4.78 is 28.4. The quantitative estimate of drug-likeness (QED) is 0.867. The Balaban J connectivity index is 2.03. The lowest BCUT2D eigenvalue weighted by molar-refractivity contribution is 0.257. The van der Waals surface area contributed by atoms with E-state index in [9.17, 15) is 8.42 Å². The summed E-state index contributed by atoms with van der Waals surface area (Å²) in [7, 11) is -1.90. The zero-order valence-corrected chi connectivity index (χ0v) is 12.3. The third-order valence-electron chi connectivity index (χ3n) is 3.94. The molecule has 2 unspecified atom stereocenters. The van der Waals surface area contributed by atoms with Crippen LogP contribution in [0.5, 0.6) is 0 Å². The van der Waals surface area contributed by atoms with E-state index in [0.29, 0.717) is 18.4 Å². The van der Waals surface area contributed by atoms with Crippen molar-refractivity contribution in [2.24, 2.45) is 18.9 Å². The first-order valence-corrected chi connectivity index (χ1v) is 8.17. The first-order chi connectivity index (χ1) is 8.90. The Morgan fingerprint density at radius 1 is 1.47 bits per heavy atom. The van der Waals surface area contributed by atoms with Crippen LogP contribution in [0.1, 0.15) is 32.6 Å². The molecule has 1 aliphatic carbocycles. The minimum Gasteiger partial charge on any atom is -0.381 e. The fraction of sp³-hybridized carbons (Fsp3) is 0.750. The van der Waals surface area contributed by atoms with Gasteiger partial charge in [0.05, 0.1) is 0 Å². The van der Waals surface area contributed by atoms with E-state index in [0.717, 1.165) is 6.42 Å². The van der Waals surface area contributed by atoms with Crippen LogP contribution in [0.15, 0.2) is 11.1 Å². The fourth-order valence-corrected chi connectivity index (χ4v) is 3.88. The smallest absolute Gasteiger partial charge is 0.245 e. The molecule has 0 aliphatic heterocycles. The molecule has 1 aromatic heterocycles. The highest BCUT2D eigenvalue weighted by molar-refractivity contribution is 7.89. The number of aryl methyl sites for hydroxylation is 1. The van der Waals surface area contributed by atoms with Gasteiger partial charge in [-0.15, -0.1) is 0 Å². The molecule has 1 saturated carbocycles. The Hall–Kier alpha value is -1.08. The van der Waals surface area contributed by atoms with Crippen molar-refractivity contribution < 1.29 is 8.42 Å². The van der Waals surface area contributed by atoms with Crippen molar-refractivity contribution in [2.75, 3.05) is 12.3 Å². The number of hydrogen-bond donors (Lipinski definition) is 2. The highest BCUT2D eigenvalue weighted by atomic mass is 32.2. The number of sulfonamides is 1. The summed E-state index contributed by atoms with van der Waals surface area (Å²) in [6.45, 7) is 2.67.